The number of hydrogen-bond acceptors (Lipinski definition) is 9. The molecule has 0 amide bonds. The van der Waals surface area contributed by atoms with Crippen LogP contribution in [0.2, 0.25) is 0 Å². The van der Waals surface area contributed by atoms with Crippen LogP contribution in [0, 0.1) is 0 Å². The summed E-state index contributed by atoms with van der Waals surface area (Å²) < 4.78 is 11.3. The molecule has 0 bridgehead atoms. The molecule has 0 saturated carbocycles. The Labute approximate surface area is 186 Å². The average Bonchev–Trinajstić information content (AvgIpc) is 3.28. The second-order valence-electron chi connectivity index (χ2n) is 6.99. The van der Waals surface area contributed by atoms with E-state index in [4.69, 9.17) is 9.47 Å². The normalized spacial score (nSPS) is 14.3. The fourth-order valence-electron chi connectivity index (χ4n) is 3.10. The van der Waals surface area contributed by atoms with E-state index in [1.165, 1.54) is 9.75 Å². The molecule has 0 N–H and O–H groups in total. The third-order valence-electron chi connectivity index (χ3n) is 4.75. The molecule has 1 aliphatic heterocycles. The molecule has 0 spiro atoms. The quantitative estimate of drug-likeness (QED) is 0.475. The van der Waals surface area contributed by atoms with Gasteiger partial charge in [0.15, 0.2) is 5.82 Å². The van der Waals surface area contributed by atoms with Gasteiger partial charge in [-0.2, -0.15) is 15.0 Å². The van der Waals surface area contributed by atoms with E-state index >= 15 is 0 Å². The lowest BCUT2D eigenvalue weighted by Crippen LogP contribution is -2.37. The molecule has 8 nitrogen and oxygen atoms in total. The molecule has 0 aliphatic carbocycles. The first-order chi connectivity index (χ1) is 15.3. The first-order valence-corrected chi connectivity index (χ1v) is 11.3. The SMILES string of the molecule is CCc1ccc(CN=Cc2nc(OCCc3ccccn3)nc(N3CCOCC3)n2)s1. The first kappa shape index (κ1) is 21.3. The van der Waals surface area contributed by atoms with Crippen LogP contribution >= 0.6 is 11.3 Å². The predicted molar refractivity (Wildman–Crippen MR) is 121 cm³/mol. The van der Waals surface area contributed by atoms with Crippen LogP contribution < -0.4 is 9.64 Å². The highest BCUT2D eigenvalue weighted by Gasteiger charge is 2.16. The van der Waals surface area contributed by atoms with Crippen LogP contribution in [-0.2, 0) is 24.1 Å². The fourth-order valence-corrected chi connectivity index (χ4v) is 3.99. The Morgan fingerprint density at radius 1 is 1.13 bits per heavy atom. The topological polar surface area (TPSA) is 85.6 Å². The maximum Gasteiger partial charge on any atom is 0.321 e. The number of nitrogens with zero attached hydrogens (tertiary/aromatic N) is 6. The smallest absolute Gasteiger partial charge is 0.321 e. The minimum atomic E-state index is 0.304. The van der Waals surface area contributed by atoms with Gasteiger partial charge in [-0.25, -0.2) is 0 Å². The minimum Gasteiger partial charge on any atom is -0.463 e. The van der Waals surface area contributed by atoms with Crippen LogP contribution in [0.5, 0.6) is 6.01 Å². The van der Waals surface area contributed by atoms with E-state index in [1.807, 2.05) is 18.2 Å². The van der Waals surface area contributed by atoms with Gasteiger partial charge in [0.05, 0.1) is 32.6 Å². The molecule has 0 radical (unpaired) electrons. The number of ether oxygens (including phenoxy) is 2. The summed E-state index contributed by atoms with van der Waals surface area (Å²) in [6, 6.07) is 10.4. The molecule has 162 valence electrons. The number of hydrogen-bond donors (Lipinski definition) is 0. The van der Waals surface area contributed by atoms with E-state index in [9.17, 15) is 0 Å². The third kappa shape index (κ3) is 6.28. The fraction of sp³-hybridized carbons (Fsp3) is 0.409. The van der Waals surface area contributed by atoms with Crippen LogP contribution in [-0.4, -0.2) is 59.1 Å². The van der Waals surface area contributed by atoms with Crippen molar-refractivity contribution in [1.29, 1.82) is 0 Å². The molecule has 3 aromatic rings. The number of pyridine rings is 1. The number of anilines is 1. The Hall–Kier alpha value is -2.91. The Kier molecular flexibility index (Phi) is 7.51. The molecule has 0 unspecified atom stereocenters. The van der Waals surface area contributed by atoms with E-state index in [1.54, 1.807) is 23.7 Å². The van der Waals surface area contributed by atoms with Gasteiger partial charge in [-0.05, 0) is 30.7 Å². The minimum absolute atomic E-state index is 0.304. The summed E-state index contributed by atoms with van der Waals surface area (Å²) in [6.07, 6.45) is 5.20. The lowest BCUT2D eigenvalue weighted by Gasteiger charge is -2.26. The third-order valence-corrected chi connectivity index (χ3v) is 5.96. The van der Waals surface area contributed by atoms with Crippen molar-refractivity contribution in [2.45, 2.75) is 26.3 Å². The van der Waals surface area contributed by atoms with Gasteiger partial charge in [0.2, 0.25) is 5.95 Å². The Bertz CT molecular complexity index is 989. The highest BCUT2D eigenvalue weighted by Crippen LogP contribution is 2.18. The van der Waals surface area contributed by atoms with Gasteiger partial charge in [-0.3, -0.25) is 9.98 Å². The Morgan fingerprint density at radius 2 is 2.00 bits per heavy atom. The largest absolute Gasteiger partial charge is 0.463 e. The molecule has 4 heterocycles. The number of morpholine rings is 1. The molecule has 1 fully saturated rings. The number of aromatic nitrogens is 4. The van der Waals surface area contributed by atoms with Gasteiger partial charge in [0.1, 0.15) is 0 Å². The van der Waals surface area contributed by atoms with Crippen molar-refractivity contribution >= 4 is 23.5 Å². The Morgan fingerprint density at radius 3 is 2.77 bits per heavy atom. The lowest BCUT2D eigenvalue weighted by molar-refractivity contribution is 0.122. The summed E-state index contributed by atoms with van der Waals surface area (Å²) in [6.45, 7) is 6.00. The van der Waals surface area contributed by atoms with Crippen molar-refractivity contribution in [3.05, 3.63) is 57.8 Å². The summed E-state index contributed by atoms with van der Waals surface area (Å²) in [5, 5.41) is 0. The summed E-state index contributed by atoms with van der Waals surface area (Å²) >= 11 is 1.79. The molecule has 1 aliphatic rings. The molecule has 31 heavy (non-hydrogen) atoms. The average molecular weight is 439 g/mol. The first-order valence-electron chi connectivity index (χ1n) is 10.5. The highest BCUT2D eigenvalue weighted by atomic mass is 32.1. The van der Waals surface area contributed by atoms with Crippen molar-refractivity contribution in [2.24, 2.45) is 4.99 Å². The van der Waals surface area contributed by atoms with Gasteiger partial charge < -0.3 is 14.4 Å². The number of rotatable bonds is 9. The highest BCUT2D eigenvalue weighted by molar-refractivity contribution is 7.11. The lowest BCUT2D eigenvalue weighted by atomic mass is 10.3. The zero-order valence-electron chi connectivity index (χ0n) is 17.6. The maximum absolute atomic E-state index is 5.84. The molecule has 0 aromatic carbocycles. The summed E-state index contributed by atoms with van der Waals surface area (Å²) in [7, 11) is 0. The van der Waals surface area contributed by atoms with Gasteiger partial charge in [0.25, 0.3) is 0 Å². The van der Waals surface area contributed by atoms with Crippen LogP contribution in [0.3, 0.4) is 0 Å². The van der Waals surface area contributed by atoms with Crippen LogP contribution in [0.25, 0.3) is 0 Å². The van der Waals surface area contributed by atoms with Crippen molar-refractivity contribution in [1.82, 2.24) is 19.9 Å². The van der Waals surface area contributed by atoms with Crippen molar-refractivity contribution in [3.8, 4) is 6.01 Å². The van der Waals surface area contributed by atoms with E-state index in [-0.39, 0.29) is 0 Å². The maximum atomic E-state index is 5.84. The number of aliphatic imine (C=N–C) groups is 1. The van der Waals surface area contributed by atoms with E-state index in [2.05, 4.69) is 48.9 Å². The molecule has 1 saturated heterocycles. The van der Waals surface area contributed by atoms with Gasteiger partial charge in [-0.1, -0.05) is 13.0 Å². The van der Waals surface area contributed by atoms with Crippen molar-refractivity contribution in [3.63, 3.8) is 0 Å². The van der Waals surface area contributed by atoms with Crippen LogP contribution in [0.15, 0.2) is 41.5 Å². The van der Waals surface area contributed by atoms with Gasteiger partial charge in [-0.15, -0.1) is 11.3 Å². The molecule has 9 heteroatoms. The molecule has 0 atom stereocenters. The van der Waals surface area contributed by atoms with E-state index < -0.39 is 0 Å². The molecule has 4 rings (SSSR count). The number of thiophene rings is 1. The monoisotopic (exact) mass is 438 g/mol. The van der Waals surface area contributed by atoms with Gasteiger partial charge >= 0.3 is 6.01 Å². The number of aryl methyl sites for hydroxylation is 1. The summed E-state index contributed by atoms with van der Waals surface area (Å²) in [5.41, 5.74) is 0.967. The van der Waals surface area contributed by atoms with Gasteiger partial charge in [0, 0.05) is 41.2 Å². The molecular weight excluding hydrogens is 412 g/mol. The van der Waals surface area contributed by atoms with Crippen molar-refractivity contribution in [2.75, 3.05) is 37.8 Å². The molecule has 3 aromatic heterocycles. The van der Waals surface area contributed by atoms with E-state index in [0.717, 1.165) is 25.2 Å². The summed E-state index contributed by atoms with van der Waals surface area (Å²) in [4.78, 5) is 27.1. The Balaban J connectivity index is 1.46. The van der Waals surface area contributed by atoms with E-state index in [0.29, 0.717) is 50.6 Å². The van der Waals surface area contributed by atoms with Crippen LogP contribution in [0.4, 0.5) is 5.95 Å². The van der Waals surface area contributed by atoms with Crippen LogP contribution in [0.1, 0.15) is 28.2 Å². The zero-order chi connectivity index (χ0) is 21.3. The predicted octanol–water partition coefficient (Wildman–Crippen LogP) is 2.97. The molecular formula is C22H26N6O2S. The second kappa shape index (κ2) is 10.9. The van der Waals surface area contributed by atoms with Crippen molar-refractivity contribution < 1.29 is 9.47 Å². The summed E-state index contributed by atoms with van der Waals surface area (Å²) in [5.74, 6) is 1.09. The standard InChI is InChI=1S/C22H26N6O2S/c1-2-18-6-7-19(31-18)15-23-16-20-25-21(28-10-13-29-14-11-28)27-22(26-20)30-12-8-17-5-3-4-9-24-17/h3-7,9,16H,2,8,10-15H2,1H3. The zero-order valence-corrected chi connectivity index (χ0v) is 18.4. The second-order valence-corrected chi connectivity index (χ2v) is 8.24.